The maximum absolute atomic E-state index is 13.0. The molecular formula is C26H21ClN6OS. The highest BCUT2D eigenvalue weighted by molar-refractivity contribution is 7.71. The van der Waals surface area contributed by atoms with Gasteiger partial charge in [0.05, 0.1) is 17.6 Å². The van der Waals surface area contributed by atoms with Crippen LogP contribution in [0.15, 0.2) is 78.9 Å². The van der Waals surface area contributed by atoms with Gasteiger partial charge in [0.2, 0.25) is 5.91 Å². The molecule has 1 amide bonds. The number of aromatic nitrogens is 5. The van der Waals surface area contributed by atoms with Gasteiger partial charge in [-0.15, -0.1) is 0 Å². The van der Waals surface area contributed by atoms with E-state index in [1.807, 2.05) is 76.2 Å². The minimum Gasteiger partial charge on any atom is -0.320 e. The van der Waals surface area contributed by atoms with E-state index in [4.69, 9.17) is 28.8 Å². The molecule has 0 radical (unpaired) electrons. The number of imidazole rings is 1. The van der Waals surface area contributed by atoms with Crippen molar-refractivity contribution in [3.05, 3.63) is 100 Å². The lowest BCUT2D eigenvalue weighted by Gasteiger charge is -2.17. The Morgan fingerprint density at radius 1 is 0.971 bits per heavy atom. The van der Waals surface area contributed by atoms with Crippen molar-refractivity contribution in [2.75, 3.05) is 11.4 Å². The minimum atomic E-state index is -0.0577. The van der Waals surface area contributed by atoms with Crippen molar-refractivity contribution in [2.45, 2.75) is 18.9 Å². The number of fused-ring (bicyclic) bond motifs is 1. The summed E-state index contributed by atoms with van der Waals surface area (Å²) >= 11 is 11.6. The maximum atomic E-state index is 13.0. The van der Waals surface area contributed by atoms with Crippen molar-refractivity contribution in [2.24, 2.45) is 0 Å². The summed E-state index contributed by atoms with van der Waals surface area (Å²) in [5, 5.41) is 8.11. The quantitative estimate of drug-likeness (QED) is 0.323. The van der Waals surface area contributed by atoms with Crippen molar-refractivity contribution in [3.8, 4) is 5.69 Å². The van der Waals surface area contributed by atoms with Crippen LogP contribution in [0.3, 0.4) is 0 Å². The zero-order chi connectivity index (χ0) is 23.9. The topological polar surface area (TPSA) is 71.7 Å². The maximum Gasteiger partial charge on any atom is 0.227 e. The van der Waals surface area contributed by atoms with Crippen molar-refractivity contribution < 1.29 is 4.79 Å². The number of hydrogen-bond donors (Lipinski definition) is 1. The van der Waals surface area contributed by atoms with Crippen molar-refractivity contribution in [1.29, 1.82) is 0 Å². The summed E-state index contributed by atoms with van der Waals surface area (Å²) in [5.74, 6) is 1.65. The standard InChI is InChI=1S/C26H21ClN6OS/c27-18-10-12-19(13-11-18)31-15-17(14-24(31)34)25-28-21-8-4-5-9-22(21)32(25)16-23-29-30-26(35)33(23)20-6-2-1-3-7-20/h1-13,17H,14-16H2,(H,30,35). The fraction of sp³-hybridized carbons (Fsp3) is 0.154. The number of halogens is 1. The first-order valence-corrected chi connectivity index (χ1v) is 12.1. The van der Waals surface area contributed by atoms with E-state index in [1.54, 1.807) is 12.1 Å². The third-order valence-corrected chi connectivity index (χ3v) is 6.89. The molecule has 0 saturated carbocycles. The van der Waals surface area contributed by atoms with Crippen LogP contribution in [0.1, 0.15) is 24.0 Å². The molecule has 6 rings (SSSR count). The van der Waals surface area contributed by atoms with Gasteiger partial charge in [-0.1, -0.05) is 41.9 Å². The number of anilines is 1. The van der Waals surface area contributed by atoms with Gasteiger partial charge < -0.3 is 9.47 Å². The molecule has 9 heteroatoms. The highest BCUT2D eigenvalue weighted by atomic mass is 35.5. The van der Waals surface area contributed by atoms with E-state index < -0.39 is 0 Å². The molecule has 35 heavy (non-hydrogen) atoms. The van der Waals surface area contributed by atoms with Crippen LogP contribution in [0.2, 0.25) is 5.02 Å². The zero-order valence-electron chi connectivity index (χ0n) is 18.6. The highest BCUT2D eigenvalue weighted by Gasteiger charge is 2.35. The molecule has 0 aliphatic carbocycles. The Balaban J connectivity index is 1.40. The van der Waals surface area contributed by atoms with Crippen molar-refractivity contribution in [3.63, 3.8) is 0 Å². The summed E-state index contributed by atoms with van der Waals surface area (Å²) in [7, 11) is 0. The number of carbonyl (C=O) groups excluding carboxylic acids is 1. The number of rotatable bonds is 5. The molecule has 1 fully saturated rings. The van der Waals surface area contributed by atoms with Crippen LogP contribution in [-0.4, -0.2) is 36.8 Å². The molecule has 3 heterocycles. The first-order chi connectivity index (χ1) is 17.1. The van der Waals surface area contributed by atoms with E-state index in [2.05, 4.69) is 14.8 Å². The van der Waals surface area contributed by atoms with Crippen molar-refractivity contribution >= 4 is 46.4 Å². The van der Waals surface area contributed by atoms with Crippen LogP contribution in [0.4, 0.5) is 5.69 Å². The Morgan fingerprint density at radius 2 is 1.71 bits per heavy atom. The van der Waals surface area contributed by atoms with Gasteiger partial charge in [0.15, 0.2) is 10.6 Å². The predicted octanol–water partition coefficient (Wildman–Crippen LogP) is 5.50. The monoisotopic (exact) mass is 500 g/mol. The van der Waals surface area contributed by atoms with Gasteiger partial charge in [-0.3, -0.25) is 14.5 Å². The molecule has 7 nitrogen and oxygen atoms in total. The molecule has 1 unspecified atom stereocenters. The summed E-state index contributed by atoms with van der Waals surface area (Å²) in [4.78, 5) is 19.8. The van der Waals surface area contributed by atoms with E-state index in [0.717, 1.165) is 34.1 Å². The minimum absolute atomic E-state index is 0.0577. The van der Waals surface area contributed by atoms with Gasteiger partial charge >= 0.3 is 0 Å². The number of amides is 1. The summed E-state index contributed by atoms with van der Waals surface area (Å²) in [6, 6.07) is 25.3. The molecule has 1 atom stereocenters. The Labute approximate surface area is 211 Å². The van der Waals surface area contributed by atoms with Crippen LogP contribution >= 0.6 is 23.8 Å². The average Bonchev–Trinajstić information content (AvgIpc) is 3.55. The number of carbonyl (C=O) groups is 1. The Kier molecular flexibility index (Phi) is 5.47. The van der Waals surface area contributed by atoms with Gasteiger partial charge in [0, 0.05) is 35.3 Å². The predicted molar refractivity (Wildman–Crippen MR) is 139 cm³/mol. The van der Waals surface area contributed by atoms with E-state index >= 15 is 0 Å². The zero-order valence-corrected chi connectivity index (χ0v) is 20.2. The summed E-state index contributed by atoms with van der Waals surface area (Å²) < 4.78 is 4.62. The number of benzene rings is 3. The normalized spacial score (nSPS) is 15.9. The largest absolute Gasteiger partial charge is 0.320 e. The fourth-order valence-corrected chi connectivity index (χ4v) is 5.13. The second-order valence-electron chi connectivity index (χ2n) is 8.54. The second-order valence-corrected chi connectivity index (χ2v) is 9.37. The molecule has 1 aliphatic heterocycles. The molecule has 0 spiro atoms. The summed E-state index contributed by atoms with van der Waals surface area (Å²) in [6.45, 7) is 1.01. The van der Waals surface area contributed by atoms with Crippen molar-refractivity contribution in [1.82, 2.24) is 24.3 Å². The van der Waals surface area contributed by atoms with Crippen LogP contribution in [0, 0.1) is 4.77 Å². The number of aromatic amines is 1. The lowest BCUT2D eigenvalue weighted by molar-refractivity contribution is -0.117. The summed E-state index contributed by atoms with van der Waals surface area (Å²) in [6.07, 6.45) is 0.386. The van der Waals surface area contributed by atoms with Gasteiger partial charge in [-0.25, -0.2) is 4.98 Å². The van der Waals surface area contributed by atoms with Gasteiger partial charge in [0.1, 0.15) is 5.82 Å². The lowest BCUT2D eigenvalue weighted by atomic mass is 10.1. The van der Waals surface area contributed by atoms with E-state index in [0.29, 0.717) is 29.3 Å². The first-order valence-electron chi connectivity index (χ1n) is 11.3. The Morgan fingerprint density at radius 3 is 2.51 bits per heavy atom. The Bertz CT molecular complexity index is 1590. The van der Waals surface area contributed by atoms with Crippen LogP contribution in [0.25, 0.3) is 16.7 Å². The molecule has 1 aliphatic rings. The SMILES string of the molecule is O=C1CC(c2nc3ccccc3n2Cc2n[nH]c(=S)n2-c2ccccc2)CN1c1ccc(Cl)cc1. The van der Waals surface area contributed by atoms with E-state index in [-0.39, 0.29) is 11.8 Å². The molecule has 1 N–H and O–H groups in total. The number of hydrogen-bond acceptors (Lipinski definition) is 4. The number of H-pyrrole nitrogens is 1. The molecule has 1 saturated heterocycles. The van der Waals surface area contributed by atoms with Crippen LogP contribution in [0.5, 0.6) is 0 Å². The Hall–Kier alpha value is -3.75. The number of nitrogens with one attached hydrogen (secondary N) is 1. The van der Waals surface area contributed by atoms with Gasteiger partial charge in [0.25, 0.3) is 0 Å². The molecular weight excluding hydrogens is 480 g/mol. The smallest absolute Gasteiger partial charge is 0.227 e. The lowest BCUT2D eigenvalue weighted by Crippen LogP contribution is -2.24. The van der Waals surface area contributed by atoms with Gasteiger partial charge in [-0.2, -0.15) is 5.10 Å². The third-order valence-electron chi connectivity index (χ3n) is 6.37. The molecule has 174 valence electrons. The van der Waals surface area contributed by atoms with Crippen LogP contribution < -0.4 is 4.90 Å². The van der Waals surface area contributed by atoms with E-state index in [9.17, 15) is 4.79 Å². The highest BCUT2D eigenvalue weighted by Crippen LogP contribution is 2.34. The molecule has 3 aromatic carbocycles. The van der Waals surface area contributed by atoms with E-state index in [1.165, 1.54) is 0 Å². The van der Waals surface area contributed by atoms with Crippen LogP contribution in [-0.2, 0) is 11.3 Å². The molecule has 5 aromatic rings. The second kappa shape index (κ2) is 8.79. The molecule has 0 bridgehead atoms. The third kappa shape index (κ3) is 3.94. The fourth-order valence-electron chi connectivity index (χ4n) is 4.74. The molecule has 2 aromatic heterocycles. The van der Waals surface area contributed by atoms with Gasteiger partial charge in [-0.05, 0) is 60.7 Å². The number of nitrogens with zero attached hydrogens (tertiary/aromatic N) is 5. The number of para-hydroxylation sites is 3. The average molecular weight is 501 g/mol. The first kappa shape index (κ1) is 21.8. The summed E-state index contributed by atoms with van der Waals surface area (Å²) in [5.41, 5.74) is 3.67.